The number of carboxylic acid groups (broad SMARTS) is 3. The van der Waals surface area contributed by atoms with Crippen LogP contribution in [0.3, 0.4) is 0 Å². The van der Waals surface area contributed by atoms with Gasteiger partial charge < -0.3 is 29.7 Å². The van der Waals surface area contributed by atoms with Crippen molar-refractivity contribution < 1.29 is 55.9 Å². The molecule has 0 spiro atoms. The summed E-state index contributed by atoms with van der Waals surface area (Å²) < 4.78 is 0. The molecule has 0 aliphatic heterocycles. The Hall–Kier alpha value is -3.57. The quantitative estimate of drug-likeness (QED) is 0.433. The minimum Gasteiger partial charge on any atom is -0.545 e. The number of allylic oxidation sites excluding steroid dienone is 4. The summed E-state index contributed by atoms with van der Waals surface area (Å²) in [5.41, 5.74) is 2.16. The molecule has 0 amide bonds. The van der Waals surface area contributed by atoms with Gasteiger partial charge in [-0.2, -0.15) is 6.08 Å². The van der Waals surface area contributed by atoms with Crippen LogP contribution < -0.4 is 15.3 Å². The van der Waals surface area contributed by atoms with Gasteiger partial charge in [0.2, 0.25) is 0 Å². The Morgan fingerprint density at radius 1 is 0.605 bits per heavy atom. The predicted molar refractivity (Wildman–Crippen MR) is 135 cm³/mol. The topological polar surface area (TPSA) is 120 Å². The largest absolute Gasteiger partial charge is 4.00 e. The number of carbonyl (C=O) groups excluding carboxylic acids is 3. The summed E-state index contributed by atoms with van der Waals surface area (Å²) >= 11 is 0. The zero-order valence-corrected chi connectivity index (χ0v) is 23.3. The van der Waals surface area contributed by atoms with Gasteiger partial charge in [-0.25, -0.2) is 11.6 Å². The van der Waals surface area contributed by atoms with Gasteiger partial charge in [-0.15, -0.1) is 6.42 Å². The first-order valence-corrected chi connectivity index (χ1v) is 11.9. The molecule has 6 nitrogen and oxygen atoms in total. The molecule has 3 aromatic carbocycles. The zero-order valence-electron chi connectivity index (χ0n) is 20.9. The SMILES string of the molecule is O=C([O-])c1ccccc1.O=C([O-])c1ccccc1.O=C([O-])c1ccccc1.[C-]1=C(C2CCCC2)C=CC1.[Zr+4]. The van der Waals surface area contributed by atoms with E-state index in [1.165, 1.54) is 67.7 Å². The molecule has 192 valence electrons. The summed E-state index contributed by atoms with van der Waals surface area (Å²) in [6.07, 6.45) is 14.6. The van der Waals surface area contributed by atoms with Crippen molar-refractivity contribution in [1.29, 1.82) is 0 Å². The Morgan fingerprint density at radius 3 is 1.18 bits per heavy atom. The van der Waals surface area contributed by atoms with Gasteiger partial charge in [-0.05, 0) is 35.4 Å². The van der Waals surface area contributed by atoms with Gasteiger partial charge in [-0.1, -0.05) is 104 Å². The number of rotatable bonds is 4. The first-order chi connectivity index (χ1) is 17.9. The molecule has 38 heavy (non-hydrogen) atoms. The summed E-state index contributed by atoms with van der Waals surface area (Å²) in [6, 6.07) is 24.2. The fourth-order valence-electron chi connectivity index (χ4n) is 3.66. The normalized spacial score (nSPS) is 13.1. The smallest absolute Gasteiger partial charge is 0.545 e. The minimum atomic E-state index is -1.13. The Balaban J connectivity index is 0.000000252. The number of carboxylic acids is 3. The third-order valence-corrected chi connectivity index (χ3v) is 5.54. The van der Waals surface area contributed by atoms with Crippen LogP contribution in [0.5, 0.6) is 0 Å². The molecule has 0 heterocycles. The van der Waals surface area contributed by atoms with Gasteiger partial charge in [0.15, 0.2) is 0 Å². The predicted octanol–water partition coefficient (Wildman–Crippen LogP) is 3.01. The minimum absolute atomic E-state index is 0. The van der Waals surface area contributed by atoms with Crippen LogP contribution in [0.15, 0.2) is 109 Å². The maximum absolute atomic E-state index is 10.1. The second kappa shape index (κ2) is 18.6. The van der Waals surface area contributed by atoms with Gasteiger partial charge in [0, 0.05) is 0 Å². The van der Waals surface area contributed by atoms with E-state index >= 15 is 0 Å². The van der Waals surface area contributed by atoms with Crippen molar-refractivity contribution in [2.75, 3.05) is 0 Å². The van der Waals surface area contributed by atoms with E-state index in [9.17, 15) is 29.7 Å². The van der Waals surface area contributed by atoms with Crippen molar-refractivity contribution in [1.82, 2.24) is 0 Å². The van der Waals surface area contributed by atoms with Gasteiger partial charge in [0.1, 0.15) is 0 Å². The Bertz CT molecular complexity index is 1050. The van der Waals surface area contributed by atoms with Crippen LogP contribution in [-0.4, -0.2) is 17.9 Å². The average Bonchev–Trinajstić information content (AvgIpc) is 3.66. The van der Waals surface area contributed by atoms with Crippen LogP contribution >= 0.6 is 0 Å². The third-order valence-electron chi connectivity index (χ3n) is 5.54. The van der Waals surface area contributed by atoms with Crippen LogP contribution in [0.25, 0.3) is 0 Å². The number of aromatic carboxylic acids is 3. The molecule has 1 saturated carbocycles. The van der Waals surface area contributed by atoms with Gasteiger partial charge in [-0.3, -0.25) is 6.08 Å². The van der Waals surface area contributed by atoms with Crippen molar-refractivity contribution in [3.8, 4) is 0 Å². The third kappa shape index (κ3) is 12.6. The Morgan fingerprint density at radius 2 is 0.947 bits per heavy atom. The summed E-state index contributed by atoms with van der Waals surface area (Å²) in [7, 11) is 0. The van der Waals surface area contributed by atoms with Crippen LogP contribution in [0.2, 0.25) is 0 Å². The number of hydrogen-bond donors (Lipinski definition) is 0. The second-order valence-electron chi connectivity index (χ2n) is 8.18. The van der Waals surface area contributed by atoms with Crippen LogP contribution in [0.4, 0.5) is 0 Å². The Labute approximate surface area is 242 Å². The molecule has 7 heteroatoms. The molecular weight excluding hydrogens is 560 g/mol. The van der Waals surface area contributed by atoms with Gasteiger partial charge >= 0.3 is 26.2 Å². The van der Waals surface area contributed by atoms with E-state index in [-0.39, 0.29) is 42.9 Å². The average molecular weight is 588 g/mol. The molecule has 5 rings (SSSR count). The monoisotopic (exact) mass is 586 g/mol. The van der Waals surface area contributed by atoms with Crippen molar-refractivity contribution in [2.24, 2.45) is 5.92 Å². The second-order valence-corrected chi connectivity index (χ2v) is 8.18. The summed E-state index contributed by atoms with van der Waals surface area (Å²) in [4.78, 5) is 30.3. The standard InChI is InChI=1S/C10H13.3C7H6O2.Zr/c1-2-6-9(5-1)10-7-3-4-8-10;3*8-7(9)6-4-2-1-3-5-6;/h1,5,10H,2-4,7-8H2;3*1-5H,(H,8,9);/q-1;;;;+4/p-3. The molecule has 0 N–H and O–H groups in total. The molecule has 1 fully saturated rings. The molecule has 3 aromatic rings. The molecule has 2 aliphatic rings. The molecule has 0 unspecified atom stereocenters. The van der Waals surface area contributed by atoms with Gasteiger partial charge in [0.05, 0.1) is 17.9 Å². The van der Waals surface area contributed by atoms with Crippen molar-refractivity contribution in [3.05, 3.63) is 131 Å². The summed E-state index contributed by atoms with van der Waals surface area (Å²) in [5, 5.41) is 30.3. The first-order valence-electron chi connectivity index (χ1n) is 11.9. The van der Waals surface area contributed by atoms with Crippen LogP contribution in [-0.2, 0) is 26.2 Å². The van der Waals surface area contributed by atoms with E-state index in [1.54, 1.807) is 54.6 Å². The van der Waals surface area contributed by atoms with Gasteiger partial charge in [0.25, 0.3) is 0 Å². The van der Waals surface area contributed by atoms with E-state index < -0.39 is 17.9 Å². The molecular formula is C31H28O6Zr. The van der Waals surface area contributed by atoms with E-state index in [1.807, 2.05) is 0 Å². The van der Waals surface area contributed by atoms with Crippen molar-refractivity contribution in [3.63, 3.8) is 0 Å². The van der Waals surface area contributed by atoms with E-state index in [2.05, 4.69) is 18.2 Å². The maximum atomic E-state index is 10.1. The fraction of sp³-hybridized carbons (Fsp3) is 0.194. The number of benzene rings is 3. The van der Waals surface area contributed by atoms with Crippen LogP contribution in [0, 0.1) is 12.0 Å². The fourth-order valence-corrected chi connectivity index (χ4v) is 3.66. The summed E-state index contributed by atoms with van der Waals surface area (Å²) in [5.74, 6) is -2.51. The molecule has 0 radical (unpaired) electrons. The Kier molecular flexibility index (Phi) is 15.9. The molecule has 2 aliphatic carbocycles. The number of hydrogen-bond acceptors (Lipinski definition) is 6. The number of carbonyl (C=O) groups is 3. The van der Waals surface area contributed by atoms with E-state index in [4.69, 9.17) is 0 Å². The van der Waals surface area contributed by atoms with E-state index in [0.717, 1.165) is 12.3 Å². The first kappa shape index (κ1) is 32.5. The maximum Gasteiger partial charge on any atom is 4.00 e. The zero-order chi connectivity index (χ0) is 26.9. The van der Waals surface area contributed by atoms with Crippen molar-refractivity contribution in [2.45, 2.75) is 32.1 Å². The molecule has 0 atom stereocenters. The van der Waals surface area contributed by atoms with Crippen molar-refractivity contribution >= 4 is 17.9 Å². The molecule has 0 saturated heterocycles. The summed E-state index contributed by atoms with van der Waals surface area (Å²) in [6.45, 7) is 0. The molecule has 0 bridgehead atoms. The molecule has 0 aromatic heterocycles. The van der Waals surface area contributed by atoms with E-state index in [0.29, 0.717) is 0 Å². The van der Waals surface area contributed by atoms with Crippen LogP contribution in [0.1, 0.15) is 63.2 Å².